The lowest BCUT2D eigenvalue weighted by Gasteiger charge is -2.33. The highest BCUT2D eigenvalue weighted by Crippen LogP contribution is 2.26. The van der Waals surface area contributed by atoms with Crippen LogP contribution in [0.3, 0.4) is 0 Å². The van der Waals surface area contributed by atoms with Gasteiger partial charge in [-0.2, -0.15) is 4.73 Å². The van der Waals surface area contributed by atoms with Crippen molar-refractivity contribution in [1.29, 1.82) is 0 Å². The Balaban J connectivity index is 1.40. The van der Waals surface area contributed by atoms with Crippen molar-refractivity contribution in [1.82, 2.24) is 14.8 Å². The van der Waals surface area contributed by atoms with E-state index < -0.39 is 0 Å². The van der Waals surface area contributed by atoms with Crippen molar-refractivity contribution >= 4 is 11.7 Å². The van der Waals surface area contributed by atoms with E-state index in [4.69, 9.17) is 9.72 Å². The van der Waals surface area contributed by atoms with Crippen LogP contribution in [0.2, 0.25) is 0 Å². The maximum atomic E-state index is 12.1. The molecule has 1 aromatic carbocycles. The van der Waals surface area contributed by atoms with E-state index in [1.54, 1.807) is 25.1 Å². The molecule has 0 bridgehead atoms. The minimum Gasteiger partial charge on any atom is -0.619 e. The predicted octanol–water partition coefficient (Wildman–Crippen LogP) is 3.34. The normalized spacial score (nSPS) is 14.1. The highest BCUT2D eigenvalue weighted by Gasteiger charge is 2.16. The Morgan fingerprint density at radius 1 is 1.09 bits per heavy atom. The van der Waals surface area contributed by atoms with E-state index in [1.807, 2.05) is 42.5 Å². The first-order chi connectivity index (χ1) is 16.9. The zero-order valence-corrected chi connectivity index (χ0v) is 20.7. The monoisotopic (exact) mass is 475 g/mol. The Labute approximate surface area is 207 Å². The number of nitrogens with zero attached hydrogens (tertiary/aromatic N) is 5. The fourth-order valence-corrected chi connectivity index (χ4v) is 4.08. The van der Waals surface area contributed by atoms with Gasteiger partial charge in [0.05, 0.1) is 5.69 Å². The summed E-state index contributed by atoms with van der Waals surface area (Å²) in [5.41, 5.74) is 2.80. The molecule has 184 valence electrons. The summed E-state index contributed by atoms with van der Waals surface area (Å²) in [4.78, 5) is 22.6. The molecular weight excluding hydrogens is 442 g/mol. The molecule has 8 heteroatoms. The molecule has 0 aliphatic carbocycles. The first-order valence-corrected chi connectivity index (χ1v) is 12.0. The number of aryl methyl sites for hydroxylation is 1. The zero-order valence-electron chi connectivity index (χ0n) is 20.7. The molecule has 1 fully saturated rings. The molecule has 1 saturated heterocycles. The molecule has 3 aromatic rings. The molecule has 1 amide bonds. The van der Waals surface area contributed by atoms with Crippen LogP contribution in [0.5, 0.6) is 11.5 Å². The summed E-state index contributed by atoms with van der Waals surface area (Å²) >= 11 is 0. The van der Waals surface area contributed by atoms with Gasteiger partial charge in [0.2, 0.25) is 12.1 Å². The van der Waals surface area contributed by atoms with Crippen LogP contribution < -0.4 is 14.4 Å². The van der Waals surface area contributed by atoms with Crippen molar-refractivity contribution in [3.63, 3.8) is 0 Å². The molecule has 0 atom stereocenters. The number of benzene rings is 1. The fraction of sp³-hybridized carbons (Fsp3) is 0.370. The number of hydrogen-bond acceptors (Lipinski definition) is 6. The highest BCUT2D eigenvalue weighted by atomic mass is 16.5. The van der Waals surface area contributed by atoms with Gasteiger partial charge in [-0.05, 0) is 62.4 Å². The van der Waals surface area contributed by atoms with Gasteiger partial charge in [0.25, 0.3) is 0 Å². The Kier molecular flexibility index (Phi) is 7.82. The van der Waals surface area contributed by atoms with Crippen molar-refractivity contribution in [3.05, 3.63) is 71.7 Å². The lowest BCUT2D eigenvalue weighted by atomic mass is 10.1. The number of likely N-dealkylation sites (N-methyl/N-ethyl adjacent to an activating group) is 1. The van der Waals surface area contributed by atoms with Gasteiger partial charge in [-0.15, -0.1) is 0 Å². The van der Waals surface area contributed by atoms with Crippen LogP contribution in [-0.4, -0.2) is 67.5 Å². The van der Waals surface area contributed by atoms with Crippen molar-refractivity contribution in [2.24, 2.45) is 0 Å². The van der Waals surface area contributed by atoms with Gasteiger partial charge >= 0.3 is 0 Å². The van der Waals surface area contributed by atoms with Crippen LogP contribution >= 0.6 is 0 Å². The minimum absolute atomic E-state index is 0.0330. The molecule has 35 heavy (non-hydrogen) atoms. The number of anilines is 1. The first kappa shape index (κ1) is 24.5. The standard InChI is InChI=1S/C27H33N5O3/c1-21(33)30(3)13-5-6-22-18-25(20-32(34)19-22)35-24-11-9-23(10-12-24)26-7-4-8-27(28-26)31-16-14-29(2)15-17-31/h4,7-12,18-20H,5-6,13-17H2,1-3H3. The molecule has 0 radical (unpaired) electrons. The van der Waals surface area contributed by atoms with Gasteiger partial charge in [0.15, 0.2) is 11.9 Å². The highest BCUT2D eigenvalue weighted by molar-refractivity contribution is 5.72. The molecule has 0 unspecified atom stereocenters. The fourth-order valence-electron chi connectivity index (χ4n) is 4.08. The first-order valence-electron chi connectivity index (χ1n) is 12.0. The quantitative estimate of drug-likeness (QED) is 0.367. The molecule has 1 aliphatic heterocycles. The van der Waals surface area contributed by atoms with E-state index in [-0.39, 0.29) is 5.91 Å². The Morgan fingerprint density at radius 3 is 2.54 bits per heavy atom. The molecule has 0 N–H and O–H groups in total. The average Bonchev–Trinajstić information content (AvgIpc) is 2.84. The SMILES string of the molecule is CC(=O)N(C)CCCc1cc(Oc2ccc(-c3cccc(N4CCN(C)CC4)n3)cc2)c[n+]([O-])c1. The number of carbonyl (C=O) groups excluding carboxylic acids is 1. The minimum atomic E-state index is 0.0330. The van der Waals surface area contributed by atoms with Gasteiger partial charge in [-0.1, -0.05) is 6.07 Å². The third kappa shape index (κ3) is 6.70. The summed E-state index contributed by atoms with van der Waals surface area (Å²) in [7, 11) is 3.92. The van der Waals surface area contributed by atoms with Crippen molar-refractivity contribution < 1.29 is 14.3 Å². The Hall–Kier alpha value is -3.65. The summed E-state index contributed by atoms with van der Waals surface area (Å²) in [6, 6.07) is 15.8. The number of aromatic nitrogens is 2. The second kappa shape index (κ2) is 11.2. The van der Waals surface area contributed by atoms with Crippen LogP contribution in [-0.2, 0) is 11.2 Å². The van der Waals surface area contributed by atoms with E-state index in [9.17, 15) is 10.0 Å². The lowest BCUT2D eigenvalue weighted by Crippen LogP contribution is -2.44. The second-order valence-corrected chi connectivity index (χ2v) is 9.08. The summed E-state index contributed by atoms with van der Waals surface area (Å²) in [5, 5.41) is 12.1. The average molecular weight is 476 g/mol. The number of ether oxygens (including phenoxy) is 1. The molecule has 1 aliphatic rings. The zero-order chi connectivity index (χ0) is 24.8. The molecule has 8 nitrogen and oxygen atoms in total. The number of piperazine rings is 1. The number of pyridine rings is 2. The summed E-state index contributed by atoms with van der Waals surface area (Å²) in [5.74, 6) is 2.17. The van der Waals surface area contributed by atoms with E-state index in [1.165, 1.54) is 6.20 Å². The van der Waals surface area contributed by atoms with Gasteiger partial charge in [0, 0.05) is 57.8 Å². The predicted molar refractivity (Wildman–Crippen MR) is 136 cm³/mol. The molecule has 2 aromatic heterocycles. The molecular formula is C27H33N5O3. The number of hydrogen-bond donors (Lipinski definition) is 0. The Morgan fingerprint density at radius 2 is 1.83 bits per heavy atom. The molecule has 0 saturated carbocycles. The van der Waals surface area contributed by atoms with Crippen molar-refractivity contribution in [3.8, 4) is 22.8 Å². The lowest BCUT2D eigenvalue weighted by molar-refractivity contribution is -0.606. The smallest absolute Gasteiger partial charge is 0.223 e. The van der Waals surface area contributed by atoms with E-state index in [0.717, 1.165) is 60.0 Å². The maximum Gasteiger partial charge on any atom is 0.223 e. The van der Waals surface area contributed by atoms with E-state index in [2.05, 4.69) is 22.9 Å². The van der Waals surface area contributed by atoms with Crippen LogP contribution in [0, 0.1) is 5.21 Å². The molecule has 4 rings (SSSR count). The third-order valence-electron chi connectivity index (χ3n) is 6.32. The van der Waals surface area contributed by atoms with Crippen LogP contribution in [0.25, 0.3) is 11.3 Å². The summed E-state index contributed by atoms with van der Waals surface area (Å²) in [6.07, 6.45) is 4.42. The van der Waals surface area contributed by atoms with Gasteiger partial charge in [-0.25, -0.2) is 4.98 Å². The third-order valence-corrected chi connectivity index (χ3v) is 6.32. The molecule has 3 heterocycles. The van der Waals surface area contributed by atoms with E-state index >= 15 is 0 Å². The second-order valence-electron chi connectivity index (χ2n) is 9.08. The van der Waals surface area contributed by atoms with E-state index in [0.29, 0.717) is 24.5 Å². The Bertz CT molecular complexity index is 1140. The van der Waals surface area contributed by atoms with Crippen LogP contribution in [0.1, 0.15) is 18.9 Å². The van der Waals surface area contributed by atoms with Crippen LogP contribution in [0.4, 0.5) is 5.82 Å². The maximum absolute atomic E-state index is 12.1. The van der Waals surface area contributed by atoms with Gasteiger partial charge < -0.3 is 24.6 Å². The summed E-state index contributed by atoms with van der Waals surface area (Å²) in [6.45, 7) is 6.23. The number of rotatable bonds is 8. The number of carbonyl (C=O) groups is 1. The summed E-state index contributed by atoms with van der Waals surface area (Å²) < 4.78 is 6.73. The largest absolute Gasteiger partial charge is 0.619 e. The molecule has 0 spiro atoms. The van der Waals surface area contributed by atoms with Crippen molar-refractivity contribution in [2.45, 2.75) is 19.8 Å². The van der Waals surface area contributed by atoms with Gasteiger partial charge in [0.1, 0.15) is 11.6 Å². The van der Waals surface area contributed by atoms with Gasteiger partial charge in [-0.3, -0.25) is 4.79 Å². The topological polar surface area (TPSA) is 75.9 Å². The van der Waals surface area contributed by atoms with Crippen LogP contribution in [0.15, 0.2) is 60.9 Å². The number of amides is 1. The van der Waals surface area contributed by atoms with Crippen molar-refractivity contribution in [2.75, 3.05) is 51.7 Å².